The molecule has 0 N–H and O–H groups in total. The number of nitrogens with zero attached hydrogens (tertiary/aromatic N) is 3. The van der Waals surface area contributed by atoms with Crippen LogP contribution < -0.4 is 4.90 Å². The SMILES string of the molecule is O=C(/C=C/c1ccccc1)N1CCCn2c1nc1ccccc12. The monoisotopic (exact) mass is 303 g/mol. The number of carbonyl (C=O) groups is 1. The number of para-hydroxylation sites is 2. The Morgan fingerprint density at radius 2 is 1.78 bits per heavy atom. The van der Waals surface area contributed by atoms with Crippen LogP contribution in [0.5, 0.6) is 0 Å². The van der Waals surface area contributed by atoms with Crippen LogP contribution in [0, 0.1) is 0 Å². The number of imidazole rings is 1. The van der Waals surface area contributed by atoms with Crippen molar-refractivity contribution in [1.29, 1.82) is 0 Å². The van der Waals surface area contributed by atoms with Crippen LogP contribution in [-0.2, 0) is 11.3 Å². The number of carbonyl (C=O) groups excluding carboxylic acids is 1. The van der Waals surface area contributed by atoms with Crippen LogP contribution in [0.2, 0.25) is 0 Å². The van der Waals surface area contributed by atoms with E-state index >= 15 is 0 Å². The lowest BCUT2D eigenvalue weighted by molar-refractivity contribution is -0.114. The van der Waals surface area contributed by atoms with E-state index in [1.165, 1.54) is 0 Å². The molecule has 0 saturated heterocycles. The topological polar surface area (TPSA) is 38.1 Å². The predicted octanol–water partition coefficient (Wildman–Crippen LogP) is 3.49. The number of aryl methyl sites for hydroxylation is 1. The molecule has 23 heavy (non-hydrogen) atoms. The molecule has 0 fully saturated rings. The van der Waals surface area contributed by atoms with Crippen LogP contribution >= 0.6 is 0 Å². The summed E-state index contributed by atoms with van der Waals surface area (Å²) in [5, 5.41) is 0. The standard InChI is InChI=1S/C19H17N3O/c23-18(12-11-15-7-2-1-3-8-15)22-14-6-13-21-17-10-5-4-9-16(17)20-19(21)22/h1-5,7-12H,6,13-14H2/b12-11+. The van der Waals surface area contributed by atoms with Gasteiger partial charge in [-0.2, -0.15) is 0 Å². The Morgan fingerprint density at radius 3 is 2.65 bits per heavy atom. The van der Waals surface area contributed by atoms with Gasteiger partial charge in [-0.25, -0.2) is 4.98 Å². The zero-order chi connectivity index (χ0) is 15.6. The summed E-state index contributed by atoms with van der Waals surface area (Å²) in [7, 11) is 0. The van der Waals surface area contributed by atoms with Crippen molar-refractivity contribution >= 4 is 29.0 Å². The Labute approximate surface area is 134 Å². The minimum absolute atomic E-state index is 0.0230. The van der Waals surface area contributed by atoms with Crippen LogP contribution in [0.3, 0.4) is 0 Å². The van der Waals surface area contributed by atoms with Gasteiger partial charge < -0.3 is 4.57 Å². The Bertz CT molecular complexity index is 880. The summed E-state index contributed by atoms with van der Waals surface area (Å²) in [5.74, 6) is 0.727. The summed E-state index contributed by atoms with van der Waals surface area (Å²) >= 11 is 0. The van der Waals surface area contributed by atoms with Gasteiger partial charge in [0.2, 0.25) is 5.95 Å². The number of fused-ring (bicyclic) bond motifs is 3. The number of aromatic nitrogens is 2. The molecule has 2 aromatic carbocycles. The highest BCUT2D eigenvalue weighted by Gasteiger charge is 2.24. The molecule has 4 heteroatoms. The third-order valence-corrected chi connectivity index (χ3v) is 4.12. The van der Waals surface area contributed by atoms with Gasteiger partial charge >= 0.3 is 0 Å². The highest BCUT2D eigenvalue weighted by atomic mass is 16.2. The lowest BCUT2D eigenvalue weighted by Gasteiger charge is -2.26. The highest BCUT2D eigenvalue weighted by Crippen LogP contribution is 2.26. The second kappa shape index (κ2) is 5.72. The second-order valence-electron chi connectivity index (χ2n) is 5.64. The molecule has 1 amide bonds. The lowest BCUT2D eigenvalue weighted by atomic mass is 10.2. The minimum atomic E-state index is -0.0230. The first-order chi connectivity index (χ1) is 11.3. The summed E-state index contributed by atoms with van der Waals surface area (Å²) in [6.45, 7) is 1.61. The molecule has 1 aromatic heterocycles. The fraction of sp³-hybridized carbons (Fsp3) is 0.158. The molecule has 1 aliphatic heterocycles. The fourth-order valence-corrected chi connectivity index (χ4v) is 3.01. The Kier molecular flexibility index (Phi) is 3.42. The van der Waals surface area contributed by atoms with Crippen molar-refractivity contribution in [2.45, 2.75) is 13.0 Å². The third-order valence-electron chi connectivity index (χ3n) is 4.12. The van der Waals surface area contributed by atoms with Crippen LogP contribution in [-0.4, -0.2) is 22.0 Å². The van der Waals surface area contributed by atoms with Crippen molar-refractivity contribution in [3.05, 3.63) is 66.2 Å². The van der Waals surface area contributed by atoms with Crippen molar-refractivity contribution < 1.29 is 4.79 Å². The van der Waals surface area contributed by atoms with Crippen molar-refractivity contribution in [3.63, 3.8) is 0 Å². The van der Waals surface area contributed by atoms with E-state index in [0.717, 1.165) is 35.5 Å². The summed E-state index contributed by atoms with van der Waals surface area (Å²) in [5.41, 5.74) is 3.05. The molecule has 0 saturated carbocycles. The summed E-state index contributed by atoms with van der Waals surface area (Å²) in [6, 6.07) is 17.9. The van der Waals surface area contributed by atoms with Gasteiger partial charge in [-0.1, -0.05) is 42.5 Å². The largest absolute Gasteiger partial charge is 0.310 e. The Balaban J connectivity index is 1.66. The summed E-state index contributed by atoms with van der Waals surface area (Å²) in [6.07, 6.45) is 4.42. The molecule has 2 heterocycles. The molecule has 1 aliphatic rings. The number of anilines is 1. The quantitative estimate of drug-likeness (QED) is 0.680. The molecule has 0 bridgehead atoms. The third kappa shape index (κ3) is 2.52. The van der Waals surface area contributed by atoms with Gasteiger partial charge in [0, 0.05) is 19.2 Å². The molecule has 0 radical (unpaired) electrons. The van der Waals surface area contributed by atoms with Gasteiger partial charge in [0.1, 0.15) is 0 Å². The van der Waals surface area contributed by atoms with Gasteiger partial charge in [0.15, 0.2) is 0 Å². The first kappa shape index (κ1) is 13.8. The zero-order valence-corrected chi connectivity index (χ0v) is 12.7. The summed E-state index contributed by atoms with van der Waals surface area (Å²) < 4.78 is 2.13. The van der Waals surface area contributed by atoms with Gasteiger partial charge in [-0.15, -0.1) is 0 Å². The minimum Gasteiger partial charge on any atom is -0.310 e. The highest BCUT2D eigenvalue weighted by molar-refractivity contribution is 6.03. The molecule has 0 atom stereocenters. The van der Waals surface area contributed by atoms with Gasteiger partial charge in [-0.05, 0) is 30.2 Å². The number of hydrogen-bond donors (Lipinski definition) is 0. The van der Waals surface area contributed by atoms with E-state index in [-0.39, 0.29) is 5.91 Å². The van der Waals surface area contributed by atoms with E-state index in [1.807, 2.05) is 54.6 Å². The molecule has 114 valence electrons. The van der Waals surface area contributed by atoms with Gasteiger partial charge in [-0.3, -0.25) is 9.69 Å². The maximum Gasteiger partial charge on any atom is 0.253 e. The molecule has 0 aliphatic carbocycles. The van der Waals surface area contributed by atoms with E-state index in [0.29, 0.717) is 6.54 Å². The molecule has 4 rings (SSSR count). The normalized spacial score (nSPS) is 14.3. The number of rotatable bonds is 2. The fourth-order valence-electron chi connectivity index (χ4n) is 3.01. The number of hydrogen-bond acceptors (Lipinski definition) is 2. The predicted molar refractivity (Wildman–Crippen MR) is 92.2 cm³/mol. The molecular formula is C19H17N3O. The van der Waals surface area contributed by atoms with Gasteiger partial charge in [0.05, 0.1) is 11.0 Å². The maximum atomic E-state index is 12.6. The van der Waals surface area contributed by atoms with Crippen LogP contribution in [0.25, 0.3) is 17.1 Å². The first-order valence-corrected chi connectivity index (χ1v) is 7.83. The molecule has 4 nitrogen and oxygen atoms in total. The molecule has 0 spiro atoms. The van der Waals surface area contributed by atoms with E-state index < -0.39 is 0 Å². The zero-order valence-electron chi connectivity index (χ0n) is 12.7. The molecule has 3 aromatic rings. The second-order valence-corrected chi connectivity index (χ2v) is 5.64. The average Bonchev–Trinajstić information content (AvgIpc) is 2.99. The van der Waals surface area contributed by atoms with Gasteiger partial charge in [0.25, 0.3) is 5.91 Å². The lowest BCUT2D eigenvalue weighted by Crippen LogP contribution is -2.36. The molecule has 0 unspecified atom stereocenters. The van der Waals surface area contributed by atoms with Crippen LogP contribution in [0.4, 0.5) is 5.95 Å². The van der Waals surface area contributed by atoms with E-state index in [4.69, 9.17) is 0 Å². The summed E-state index contributed by atoms with van der Waals surface area (Å²) in [4.78, 5) is 19.0. The maximum absolute atomic E-state index is 12.6. The average molecular weight is 303 g/mol. The van der Waals surface area contributed by atoms with Crippen molar-refractivity contribution in [2.24, 2.45) is 0 Å². The Morgan fingerprint density at radius 1 is 1.00 bits per heavy atom. The first-order valence-electron chi connectivity index (χ1n) is 7.83. The van der Waals surface area contributed by atoms with E-state index in [1.54, 1.807) is 11.0 Å². The number of amides is 1. The molecular weight excluding hydrogens is 286 g/mol. The van der Waals surface area contributed by atoms with Crippen molar-refractivity contribution in [2.75, 3.05) is 11.4 Å². The van der Waals surface area contributed by atoms with Crippen molar-refractivity contribution in [1.82, 2.24) is 9.55 Å². The van der Waals surface area contributed by atoms with E-state index in [9.17, 15) is 4.79 Å². The van der Waals surface area contributed by atoms with E-state index in [2.05, 4.69) is 15.6 Å². The Hall–Kier alpha value is -2.88. The van der Waals surface area contributed by atoms with Crippen LogP contribution in [0.1, 0.15) is 12.0 Å². The smallest absolute Gasteiger partial charge is 0.253 e. The van der Waals surface area contributed by atoms with Crippen molar-refractivity contribution in [3.8, 4) is 0 Å². The van der Waals surface area contributed by atoms with Crippen LogP contribution in [0.15, 0.2) is 60.7 Å². The number of benzene rings is 2.